The number of nitrogens with zero attached hydrogens (tertiary/aromatic N) is 4. The zero-order valence-electron chi connectivity index (χ0n) is 32.8. The monoisotopic (exact) mass is 792 g/mol. The van der Waals surface area contributed by atoms with Crippen molar-refractivity contribution in [1.29, 1.82) is 0 Å². The molecule has 0 aliphatic carbocycles. The number of hydrogen-bond acceptors (Lipinski definition) is 3. The first kappa shape index (κ1) is 38.2. The molecule has 7 aromatic rings. The van der Waals surface area contributed by atoms with Crippen molar-refractivity contribution in [2.75, 3.05) is 0 Å². The van der Waals surface area contributed by atoms with E-state index in [1.54, 1.807) is 0 Å². The maximum atomic E-state index is 6.71. The number of pyridine rings is 1. The van der Waals surface area contributed by atoms with E-state index in [-0.39, 0.29) is 25.8 Å². The first-order valence-corrected chi connectivity index (χ1v) is 18.6. The molecule has 5 nitrogen and oxygen atoms in total. The van der Waals surface area contributed by atoms with Gasteiger partial charge in [0.05, 0.1) is 5.69 Å². The summed E-state index contributed by atoms with van der Waals surface area (Å²) in [6.45, 7) is 24.5. The third-order valence-electron chi connectivity index (χ3n) is 10.3. The van der Waals surface area contributed by atoms with E-state index in [2.05, 4.69) is 166 Å². The minimum absolute atomic E-state index is 0. The van der Waals surface area contributed by atoms with Gasteiger partial charge >= 0.3 is 20.4 Å². The summed E-state index contributed by atoms with van der Waals surface area (Å²) < 4.78 is 11.0. The number of aryl methyl sites for hydroxylation is 1. The molecule has 0 aliphatic heterocycles. The molecule has 274 valence electrons. The second kappa shape index (κ2) is 14.7. The predicted octanol–water partition coefficient (Wildman–Crippen LogP) is 12.7. The Morgan fingerprint density at radius 1 is 0.698 bits per heavy atom. The molecule has 0 saturated carbocycles. The van der Waals surface area contributed by atoms with Crippen LogP contribution in [0.3, 0.4) is 0 Å². The van der Waals surface area contributed by atoms with Crippen molar-refractivity contribution in [3.05, 3.63) is 131 Å². The summed E-state index contributed by atoms with van der Waals surface area (Å²) in [6, 6.07) is 35.1. The number of rotatable bonds is 8. The fourth-order valence-corrected chi connectivity index (χ4v) is 7.42. The molecular formula is C47H50N4OPd. The minimum atomic E-state index is -0.136. The minimum Gasteiger partial charge on any atom is -0.509 e. The molecule has 0 amide bonds. The van der Waals surface area contributed by atoms with Crippen molar-refractivity contribution in [3.63, 3.8) is 0 Å². The van der Waals surface area contributed by atoms with Crippen LogP contribution in [0.5, 0.6) is 11.5 Å². The Bertz CT molecular complexity index is 2410. The van der Waals surface area contributed by atoms with E-state index in [9.17, 15) is 0 Å². The molecule has 3 aromatic heterocycles. The van der Waals surface area contributed by atoms with Crippen LogP contribution in [0, 0.1) is 26.0 Å². The molecule has 0 saturated heterocycles. The molecule has 0 aliphatic rings. The summed E-state index contributed by atoms with van der Waals surface area (Å²) in [5.41, 5.74) is 12.4. The summed E-state index contributed by atoms with van der Waals surface area (Å²) in [5.74, 6) is 3.27. The maximum absolute atomic E-state index is 6.71. The third kappa shape index (κ3) is 7.12. The third-order valence-corrected chi connectivity index (χ3v) is 10.3. The number of para-hydroxylation sites is 1. The van der Waals surface area contributed by atoms with E-state index in [1.165, 1.54) is 27.8 Å². The molecule has 3 heterocycles. The number of fused-ring (bicyclic) bond motifs is 3. The van der Waals surface area contributed by atoms with Crippen molar-refractivity contribution >= 4 is 21.8 Å². The predicted molar refractivity (Wildman–Crippen MR) is 216 cm³/mol. The molecule has 4 aromatic carbocycles. The van der Waals surface area contributed by atoms with Crippen molar-refractivity contribution in [2.24, 2.45) is 0 Å². The Labute approximate surface area is 329 Å². The fraction of sp³-hybridized carbons (Fsp3) is 0.319. The van der Waals surface area contributed by atoms with E-state index >= 15 is 0 Å². The Morgan fingerprint density at radius 2 is 1.40 bits per heavy atom. The molecule has 0 unspecified atom stereocenters. The summed E-state index contributed by atoms with van der Waals surface area (Å²) >= 11 is 0. The first-order chi connectivity index (χ1) is 24.7. The Hall–Kier alpha value is -4.50. The molecule has 7 rings (SSSR count). The van der Waals surface area contributed by atoms with Crippen LogP contribution >= 0.6 is 0 Å². The Morgan fingerprint density at radius 3 is 2.06 bits per heavy atom. The Kier molecular flexibility index (Phi) is 10.6. The number of benzene rings is 4. The SMILES string of the molecule is Cc1nn(-c2[c-]c(Oc3[c-]c4c(cc3)c3ccccc3n4-c3cc(C(C)C)ccn3)cc(C(C)(C)C)c2)c(C)c1-c1c(C(C)C)cccc1C(C)C.[Pd+2]. The topological polar surface area (TPSA) is 44.9 Å². The molecule has 0 fully saturated rings. The van der Waals surface area contributed by atoms with Crippen molar-refractivity contribution in [1.82, 2.24) is 19.3 Å². The van der Waals surface area contributed by atoms with E-state index in [0.29, 0.717) is 29.3 Å². The summed E-state index contributed by atoms with van der Waals surface area (Å²) in [6.07, 6.45) is 1.90. The van der Waals surface area contributed by atoms with Gasteiger partial charge in [0.2, 0.25) is 0 Å². The molecule has 0 radical (unpaired) electrons. The van der Waals surface area contributed by atoms with Gasteiger partial charge in [-0.2, -0.15) is 11.2 Å². The van der Waals surface area contributed by atoms with Gasteiger partial charge in [-0.1, -0.05) is 104 Å². The van der Waals surface area contributed by atoms with Gasteiger partial charge in [-0.3, -0.25) is 4.68 Å². The molecule has 0 N–H and O–H groups in total. The van der Waals surface area contributed by atoms with Gasteiger partial charge in [0.25, 0.3) is 0 Å². The molecule has 6 heteroatoms. The summed E-state index contributed by atoms with van der Waals surface area (Å²) in [4.78, 5) is 4.82. The number of ether oxygens (including phenoxy) is 1. The summed E-state index contributed by atoms with van der Waals surface area (Å²) in [5, 5.41) is 7.43. The molecule has 0 spiro atoms. The fourth-order valence-electron chi connectivity index (χ4n) is 7.42. The van der Waals surface area contributed by atoms with Crippen LogP contribution in [0.1, 0.15) is 114 Å². The maximum Gasteiger partial charge on any atom is 2.00 e. The van der Waals surface area contributed by atoms with Gasteiger partial charge < -0.3 is 9.30 Å². The largest absolute Gasteiger partial charge is 2.00 e. The van der Waals surface area contributed by atoms with E-state index in [0.717, 1.165) is 50.3 Å². The van der Waals surface area contributed by atoms with Crippen LogP contribution in [-0.2, 0) is 25.8 Å². The van der Waals surface area contributed by atoms with Crippen molar-refractivity contribution in [2.45, 2.75) is 99.3 Å². The number of hydrogen-bond donors (Lipinski definition) is 0. The first-order valence-electron chi connectivity index (χ1n) is 18.6. The quantitative estimate of drug-likeness (QED) is 0.114. The second-order valence-electron chi connectivity index (χ2n) is 16.1. The van der Waals surface area contributed by atoms with Gasteiger partial charge in [0, 0.05) is 34.5 Å². The summed E-state index contributed by atoms with van der Waals surface area (Å²) in [7, 11) is 0. The van der Waals surface area contributed by atoms with Gasteiger partial charge in [-0.05, 0) is 88.5 Å². The molecule has 53 heavy (non-hydrogen) atoms. The molecule has 0 atom stereocenters. The standard InChI is InChI=1S/C47H50N4O.Pd/c1-28(2)33-21-22-48-44(23-33)50-42-18-13-12-15-40(42)41-20-19-36(27-43(41)50)52-37-25-34(47(9,10)11)24-35(26-37)51-32(8)45(31(7)49-51)46-38(29(3)4)16-14-17-39(46)30(5)6;/h12-25,28-30H,1-11H3;/q-2;+2. The molecule has 0 bridgehead atoms. The smallest absolute Gasteiger partial charge is 0.509 e. The van der Waals surface area contributed by atoms with Crippen LogP contribution in [0.25, 0.3) is 44.4 Å². The average Bonchev–Trinajstić information content (AvgIpc) is 3.59. The van der Waals surface area contributed by atoms with Crippen molar-refractivity contribution < 1.29 is 25.2 Å². The zero-order chi connectivity index (χ0) is 37.1. The van der Waals surface area contributed by atoms with E-state index < -0.39 is 0 Å². The van der Waals surface area contributed by atoms with Gasteiger partial charge in [0.15, 0.2) is 0 Å². The van der Waals surface area contributed by atoms with Crippen LogP contribution in [0.15, 0.2) is 85.1 Å². The van der Waals surface area contributed by atoms with Gasteiger partial charge in [-0.25, -0.2) is 4.98 Å². The van der Waals surface area contributed by atoms with Crippen LogP contribution in [0.2, 0.25) is 0 Å². The second-order valence-corrected chi connectivity index (χ2v) is 16.1. The number of aromatic nitrogens is 4. The zero-order valence-corrected chi connectivity index (χ0v) is 34.4. The normalized spacial score (nSPS) is 12.0. The van der Waals surface area contributed by atoms with Crippen molar-refractivity contribution in [3.8, 4) is 34.1 Å². The van der Waals surface area contributed by atoms with Crippen LogP contribution < -0.4 is 4.74 Å². The van der Waals surface area contributed by atoms with Crippen LogP contribution in [-0.4, -0.2) is 19.3 Å². The molecular weight excluding hydrogens is 743 g/mol. The van der Waals surface area contributed by atoms with Gasteiger partial charge in [-0.15, -0.1) is 41.3 Å². The van der Waals surface area contributed by atoms with E-state index in [1.807, 2.05) is 16.9 Å². The van der Waals surface area contributed by atoms with E-state index in [4.69, 9.17) is 14.8 Å². The average molecular weight is 793 g/mol. The Balaban J connectivity index is 0.00000481. The van der Waals surface area contributed by atoms with Crippen LogP contribution in [0.4, 0.5) is 0 Å². The van der Waals surface area contributed by atoms with Gasteiger partial charge in [0.1, 0.15) is 5.82 Å².